The Balaban J connectivity index is 3.22. The summed E-state index contributed by atoms with van der Waals surface area (Å²) in [5, 5.41) is 0. The molecule has 0 atom stereocenters. The van der Waals surface area contributed by atoms with E-state index in [0.29, 0.717) is 0 Å². The molecule has 0 N–H and O–H groups in total. The number of rotatable bonds is 6. The highest BCUT2D eigenvalue weighted by Gasteiger charge is 2.39. The molecule has 0 radical (unpaired) electrons. The van der Waals surface area contributed by atoms with Gasteiger partial charge in [-0.3, -0.25) is 14.4 Å². The smallest absolute Gasteiger partial charge is 0.328 e. The van der Waals surface area contributed by atoms with E-state index in [-0.39, 0.29) is 13.2 Å². The molecule has 0 aromatic heterocycles. The summed E-state index contributed by atoms with van der Waals surface area (Å²) in [6.45, 7) is 2.74. The van der Waals surface area contributed by atoms with Crippen LogP contribution in [0.25, 0.3) is 0 Å². The maximum atomic E-state index is 13.6. The van der Waals surface area contributed by atoms with Crippen LogP contribution in [-0.2, 0) is 19.1 Å². The third kappa shape index (κ3) is 3.84. The van der Waals surface area contributed by atoms with E-state index in [0.717, 1.165) is 18.2 Å². The number of esters is 2. The Kier molecular flexibility index (Phi) is 5.95. The molecule has 0 heterocycles. The van der Waals surface area contributed by atoms with Crippen LogP contribution in [0.4, 0.5) is 8.78 Å². The van der Waals surface area contributed by atoms with E-state index in [1.807, 2.05) is 0 Å². The zero-order valence-corrected chi connectivity index (χ0v) is 11.5. The number of carbonyl (C=O) groups excluding carboxylic acids is 3. The molecule has 0 unspecified atom stereocenters. The van der Waals surface area contributed by atoms with Crippen LogP contribution in [0.5, 0.6) is 0 Å². The zero-order valence-electron chi connectivity index (χ0n) is 11.5. The second-order valence-corrected chi connectivity index (χ2v) is 3.90. The lowest BCUT2D eigenvalue weighted by atomic mass is 9.96. The van der Waals surface area contributed by atoms with E-state index in [4.69, 9.17) is 0 Å². The first-order chi connectivity index (χ1) is 9.93. The Labute approximate surface area is 119 Å². The van der Waals surface area contributed by atoms with Gasteiger partial charge in [-0.1, -0.05) is 6.07 Å². The average molecular weight is 300 g/mol. The quantitative estimate of drug-likeness (QED) is 0.456. The molecule has 1 aromatic carbocycles. The van der Waals surface area contributed by atoms with Gasteiger partial charge in [0, 0.05) is 0 Å². The fourth-order valence-corrected chi connectivity index (χ4v) is 1.64. The molecule has 0 saturated heterocycles. The van der Waals surface area contributed by atoms with Crippen LogP contribution in [-0.4, -0.2) is 30.9 Å². The minimum atomic E-state index is -2.05. The zero-order chi connectivity index (χ0) is 16.0. The van der Waals surface area contributed by atoms with Gasteiger partial charge in [0.1, 0.15) is 11.6 Å². The summed E-state index contributed by atoms with van der Waals surface area (Å²) in [5.74, 6) is -8.12. The average Bonchev–Trinajstić information content (AvgIpc) is 2.39. The van der Waals surface area contributed by atoms with Crippen molar-refractivity contribution in [2.24, 2.45) is 5.92 Å². The molecule has 5 nitrogen and oxygen atoms in total. The highest BCUT2D eigenvalue weighted by molar-refractivity contribution is 6.20. The Morgan fingerprint density at radius 3 is 1.81 bits per heavy atom. The molecule has 0 spiro atoms. The fourth-order valence-electron chi connectivity index (χ4n) is 1.64. The number of Topliss-reactive ketones (excluding diaryl/α,β-unsaturated/α-hetero) is 1. The van der Waals surface area contributed by atoms with Crippen molar-refractivity contribution in [3.8, 4) is 0 Å². The molecule has 114 valence electrons. The van der Waals surface area contributed by atoms with Gasteiger partial charge in [0.15, 0.2) is 5.78 Å². The van der Waals surface area contributed by atoms with Crippen molar-refractivity contribution in [2.45, 2.75) is 13.8 Å². The predicted octanol–water partition coefficient (Wildman–Crippen LogP) is 1.89. The minimum absolute atomic E-state index is 0.0955. The van der Waals surface area contributed by atoms with E-state index < -0.39 is 40.8 Å². The maximum Gasteiger partial charge on any atom is 0.328 e. The number of hydrogen-bond donors (Lipinski definition) is 0. The Hall–Kier alpha value is -2.31. The number of ether oxygens (including phenoxy) is 2. The van der Waals surface area contributed by atoms with E-state index in [9.17, 15) is 23.2 Å². The van der Waals surface area contributed by atoms with Crippen LogP contribution in [0.3, 0.4) is 0 Å². The lowest BCUT2D eigenvalue weighted by Crippen LogP contribution is -2.35. The molecular weight excluding hydrogens is 286 g/mol. The van der Waals surface area contributed by atoms with E-state index in [1.165, 1.54) is 13.8 Å². The Bertz CT molecular complexity index is 518. The van der Waals surface area contributed by atoms with Crippen LogP contribution in [0.1, 0.15) is 24.2 Å². The van der Waals surface area contributed by atoms with Gasteiger partial charge >= 0.3 is 11.9 Å². The molecule has 0 fully saturated rings. The monoisotopic (exact) mass is 300 g/mol. The van der Waals surface area contributed by atoms with Gasteiger partial charge < -0.3 is 9.47 Å². The highest BCUT2D eigenvalue weighted by Crippen LogP contribution is 2.19. The summed E-state index contributed by atoms with van der Waals surface area (Å²) in [7, 11) is 0. The normalized spacial score (nSPS) is 10.3. The van der Waals surface area contributed by atoms with Crippen LogP contribution in [0.15, 0.2) is 18.2 Å². The first-order valence-corrected chi connectivity index (χ1v) is 6.25. The van der Waals surface area contributed by atoms with Gasteiger partial charge in [-0.15, -0.1) is 0 Å². The van der Waals surface area contributed by atoms with Crippen molar-refractivity contribution in [3.63, 3.8) is 0 Å². The molecule has 0 amide bonds. The number of carbonyl (C=O) groups is 3. The summed E-state index contributed by atoms with van der Waals surface area (Å²) in [4.78, 5) is 35.6. The highest BCUT2D eigenvalue weighted by atomic mass is 19.1. The predicted molar refractivity (Wildman–Crippen MR) is 67.4 cm³/mol. The third-order valence-electron chi connectivity index (χ3n) is 2.52. The standard InChI is InChI=1S/C14H14F2O5/c1-3-20-13(18)11(14(19)21-4-2)12(17)10-8(15)6-5-7-9(10)16/h5-7,11H,3-4H2,1-2H3. The van der Waals surface area contributed by atoms with Crippen LogP contribution >= 0.6 is 0 Å². The van der Waals surface area contributed by atoms with Crippen LogP contribution in [0.2, 0.25) is 0 Å². The molecule has 1 aromatic rings. The molecule has 0 bridgehead atoms. The van der Waals surface area contributed by atoms with Crippen molar-refractivity contribution in [1.82, 2.24) is 0 Å². The van der Waals surface area contributed by atoms with Gasteiger partial charge in [0.05, 0.1) is 18.8 Å². The summed E-state index contributed by atoms with van der Waals surface area (Å²) < 4.78 is 36.4. The van der Waals surface area contributed by atoms with Crippen LogP contribution < -0.4 is 0 Å². The lowest BCUT2D eigenvalue weighted by Gasteiger charge is -2.14. The molecule has 0 saturated carbocycles. The molecule has 0 aliphatic heterocycles. The summed E-state index contributed by atoms with van der Waals surface area (Å²) in [6.07, 6.45) is 0. The molecule has 21 heavy (non-hydrogen) atoms. The number of benzene rings is 1. The number of halogens is 2. The molecule has 7 heteroatoms. The van der Waals surface area contributed by atoms with Gasteiger partial charge in [0.2, 0.25) is 5.92 Å². The SMILES string of the molecule is CCOC(=O)C(C(=O)OCC)C(=O)c1c(F)cccc1F. The Morgan fingerprint density at radius 1 is 1.00 bits per heavy atom. The second kappa shape index (κ2) is 7.47. The van der Waals surface area contributed by atoms with Crippen molar-refractivity contribution in [3.05, 3.63) is 35.4 Å². The van der Waals surface area contributed by atoms with Gasteiger partial charge in [-0.2, -0.15) is 0 Å². The van der Waals surface area contributed by atoms with Gasteiger partial charge in [-0.05, 0) is 26.0 Å². The first-order valence-electron chi connectivity index (χ1n) is 6.25. The third-order valence-corrected chi connectivity index (χ3v) is 2.52. The molecule has 1 rings (SSSR count). The van der Waals surface area contributed by atoms with Crippen molar-refractivity contribution >= 4 is 17.7 Å². The van der Waals surface area contributed by atoms with Crippen LogP contribution in [0, 0.1) is 17.6 Å². The number of hydrogen-bond acceptors (Lipinski definition) is 5. The molecular formula is C14H14F2O5. The first kappa shape index (κ1) is 16.7. The molecule has 0 aliphatic rings. The van der Waals surface area contributed by atoms with Crippen molar-refractivity contribution in [2.75, 3.05) is 13.2 Å². The summed E-state index contributed by atoms with van der Waals surface area (Å²) in [5.41, 5.74) is -0.969. The fraction of sp³-hybridized carbons (Fsp3) is 0.357. The summed E-state index contributed by atoms with van der Waals surface area (Å²) in [6, 6.07) is 2.76. The van der Waals surface area contributed by atoms with E-state index in [1.54, 1.807) is 0 Å². The maximum absolute atomic E-state index is 13.6. The van der Waals surface area contributed by atoms with E-state index >= 15 is 0 Å². The topological polar surface area (TPSA) is 69.7 Å². The van der Waals surface area contributed by atoms with Gasteiger partial charge in [-0.25, -0.2) is 8.78 Å². The summed E-state index contributed by atoms with van der Waals surface area (Å²) >= 11 is 0. The largest absolute Gasteiger partial charge is 0.465 e. The Morgan fingerprint density at radius 2 is 1.43 bits per heavy atom. The van der Waals surface area contributed by atoms with Crippen molar-refractivity contribution in [1.29, 1.82) is 0 Å². The molecule has 0 aliphatic carbocycles. The second-order valence-electron chi connectivity index (χ2n) is 3.90. The minimum Gasteiger partial charge on any atom is -0.465 e. The lowest BCUT2D eigenvalue weighted by molar-refractivity contribution is -0.158. The van der Waals surface area contributed by atoms with Crippen molar-refractivity contribution < 1.29 is 32.6 Å². The number of ketones is 1. The van der Waals surface area contributed by atoms with E-state index in [2.05, 4.69) is 9.47 Å². The van der Waals surface area contributed by atoms with Gasteiger partial charge in [0.25, 0.3) is 0 Å².